The topological polar surface area (TPSA) is 44.8 Å². The third-order valence-corrected chi connectivity index (χ3v) is 4.87. The largest absolute Gasteiger partial charge is 0.492 e. The number of amides is 1. The number of carbonyl (C=O) groups excluding carboxylic acids is 1. The van der Waals surface area contributed by atoms with E-state index < -0.39 is 0 Å². The first-order chi connectivity index (χ1) is 12.2. The number of rotatable bonds is 10. The summed E-state index contributed by atoms with van der Waals surface area (Å²) in [6.07, 6.45) is 2.02. The van der Waals surface area contributed by atoms with Gasteiger partial charge in [-0.25, -0.2) is 0 Å². The molecular weight excluding hydrogens is 385 g/mol. The molecule has 1 saturated heterocycles. The van der Waals surface area contributed by atoms with Gasteiger partial charge in [-0.3, -0.25) is 4.79 Å². The highest BCUT2D eigenvalue weighted by atomic mass is 35.5. The molecule has 1 unspecified atom stereocenters. The number of likely N-dealkylation sites (N-methyl/N-ethyl adjacent to an activating group) is 1. The van der Waals surface area contributed by atoms with Crippen LogP contribution in [0.5, 0.6) is 5.75 Å². The molecule has 27 heavy (non-hydrogen) atoms. The molecule has 0 saturated carbocycles. The van der Waals surface area contributed by atoms with Crippen molar-refractivity contribution in [2.75, 3.05) is 45.9 Å². The molecule has 0 aromatic heterocycles. The molecule has 1 fully saturated rings. The standard InChI is InChI=1S/C20H33N3O2.2ClH/c1-4-13-23(18-11-12-21-16-18)20(24)17-7-9-19(10-8-17)25-15-14-22(5-2)6-3;;/h7-10,18,21H,4-6,11-16H2,1-3H3;2*1H. The summed E-state index contributed by atoms with van der Waals surface area (Å²) in [5.74, 6) is 0.957. The quantitative estimate of drug-likeness (QED) is 0.630. The van der Waals surface area contributed by atoms with Gasteiger partial charge in [0.15, 0.2) is 0 Å². The van der Waals surface area contributed by atoms with Crippen molar-refractivity contribution in [3.63, 3.8) is 0 Å². The van der Waals surface area contributed by atoms with Crippen LogP contribution in [-0.4, -0.2) is 67.6 Å². The Balaban J connectivity index is 0.00000338. The van der Waals surface area contributed by atoms with Crippen LogP contribution in [0.3, 0.4) is 0 Å². The minimum atomic E-state index is 0. The van der Waals surface area contributed by atoms with E-state index in [0.29, 0.717) is 12.6 Å². The molecule has 0 spiro atoms. The summed E-state index contributed by atoms with van der Waals surface area (Å²) in [4.78, 5) is 17.2. The molecule has 1 aromatic carbocycles. The van der Waals surface area contributed by atoms with Gasteiger partial charge in [0, 0.05) is 31.2 Å². The van der Waals surface area contributed by atoms with E-state index in [1.165, 1.54) is 0 Å². The monoisotopic (exact) mass is 419 g/mol. The summed E-state index contributed by atoms with van der Waals surface area (Å²) in [5, 5.41) is 3.35. The summed E-state index contributed by atoms with van der Waals surface area (Å²) in [6.45, 7) is 12.8. The Labute approximate surface area is 176 Å². The molecule has 1 aromatic rings. The Morgan fingerprint density at radius 2 is 1.78 bits per heavy atom. The Morgan fingerprint density at radius 1 is 1.11 bits per heavy atom. The molecule has 156 valence electrons. The van der Waals surface area contributed by atoms with Gasteiger partial charge in [-0.05, 0) is 56.7 Å². The highest BCUT2D eigenvalue weighted by molar-refractivity contribution is 5.94. The van der Waals surface area contributed by atoms with Gasteiger partial charge >= 0.3 is 0 Å². The lowest BCUT2D eigenvalue weighted by Crippen LogP contribution is -2.42. The zero-order valence-corrected chi connectivity index (χ0v) is 18.4. The fraction of sp³-hybridized carbons (Fsp3) is 0.650. The second kappa shape index (κ2) is 14.1. The van der Waals surface area contributed by atoms with Crippen molar-refractivity contribution >= 4 is 30.7 Å². The van der Waals surface area contributed by atoms with Crippen LogP contribution >= 0.6 is 24.8 Å². The van der Waals surface area contributed by atoms with Crippen molar-refractivity contribution in [3.05, 3.63) is 29.8 Å². The van der Waals surface area contributed by atoms with E-state index >= 15 is 0 Å². The first kappa shape index (κ1) is 26.0. The van der Waals surface area contributed by atoms with Gasteiger partial charge in [-0.2, -0.15) is 0 Å². The maximum atomic E-state index is 12.9. The molecule has 1 amide bonds. The SMILES string of the molecule is CCCN(C(=O)c1ccc(OCCN(CC)CC)cc1)C1CCNC1.Cl.Cl. The van der Waals surface area contributed by atoms with E-state index in [4.69, 9.17) is 4.74 Å². The average Bonchev–Trinajstić information content (AvgIpc) is 3.17. The van der Waals surface area contributed by atoms with Crippen LogP contribution < -0.4 is 10.1 Å². The van der Waals surface area contributed by atoms with Crippen LogP contribution in [0, 0.1) is 0 Å². The first-order valence-electron chi connectivity index (χ1n) is 9.66. The smallest absolute Gasteiger partial charge is 0.254 e. The minimum Gasteiger partial charge on any atom is -0.492 e. The van der Waals surface area contributed by atoms with Crippen LogP contribution in [-0.2, 0) is 0 Å². The van der Waals surface area contributed by atoms with E-state index in [1.54, 1.807) is 0 Å². The number of ether oxygens (including phenoxy) is 1. The highest BCUT2D eigenvalue weighted by Gasteiger charge is 2.26. The Bertz CT molecular complexity index is 518. The van der Waals surface area contributed by atoms with Crippen molar-refractivity contribution < 1.29 is 9.53 Å². The highest BCUT2D eigenvalue weighted by Crippen LogP contribution is 2.17. The summed E-state index contributed by atoms with van der Waals surface area (Å²) in [5.41, 5.74) is 0.747. The van der Waals surface area contributed by atoms with Crippen LogP contribution in [0.4, 0.5) is 0 Å². The average molecular weight is 420 g/mol. The number of hydrogen-bond donors (Lipinski definition) is 1. The van der Waals surface area contributed by atoms with Gasteiger partial charge in [-0.15, -0.1) is 24.8 Å². The fourth-order valence-corrected chi connectivity index (χ4v) is 3.29. The predicted octanol–water partition coefficient (Wildman–Crippen LogP) is 3.46. The summed E-state index contributed by atoms with van der Waals surface area (Å²) >= 11 is 0. The van der Waals surface area contributed by atoms with Crippen LogP contribution in [0.25, 0.3) is 0 Å². The molecule has 0 aliphatic carbocycles. The van der Waals surface area contributed by atoms with Crippen molar-refractivity contribution in [1.29, 1.82) is 0 Å². The van der Waals surface area contributed by atoms with E-state index in [-0.39, 0.29) is 30.7 Å². The zero-order chi connectivity index (χ0) is 18.1. The van der Waals surface area contributed by atoms with Crippen molar-refractivity contribution in [2.45, 2.75) is 39.7 Å². The minimum absolute atomic E-state index is 0. The number of carbonyl (C=O) groups is 1. The number of nitrogens with zero attached hydrogens (tertiary/aromatic N) is 2. The molecule has 1 aliphatic rings. The molecule has 1 heterocycles. The molecule has 1 N–H and O–H groups in total. The number of benzene rings is 1. The molecule has 0 bridgehead atoms. The lowest BCUT2D eigenvalue weighted by Gasteiger charge is -2.28. The molecule has 5 nitrogen and oxygen atoms in total. The fourth-order valence-electron chi connectivity index (χ4n) is 3.29. The third kappa shape index (κ3) is 7.86. The Morgan fingerprint density at radius 3 is 2.30 bits per heavy atom. The Kier molecular flexibility index (Phi) is 13.5. The lowest BCUT2D eigenvalue weighted by molar-refractivity contribution is 0.0692. The van der Waals surface area contributed by atoms with E-state index in [0.717, 1.165) is 63.4 Å². The van der Waals surface area contributed by atoms with Gasteiger partial charge in [0.1, 0.15) is 12.4 Å². The van der Waals surface area contributed by atoms with Crippen molar-refractivity contribution in [1.82, 2.24) is 15.1 Å². The normalized spacial score (nSPS) is 15.8. The number of hydrogen-bond acceptors (Lipinski definition) is 4. The van der Waals surface area contributed by atoms with Gasteiger partial charge in [0.25, 0.3) is 5.91 Å². The van der Waals surface area contributed by atoms with Crippen LogP contribution in [0.1, 0.15) is 44.0 Å². The maximum absolute atomic E-state index is 12.9. The second-order valence-corrected chi connectivity index (χ2v) is 6.54. The molecule has 0 radical (unpaired) electrons. The molecule has 2 rings (SSSR count). The summed E-state index contributed by atoms with van der Waals surface area (Å²) in [6, 6.07) is 7.91. The third-order valence-electron chi connectivity index (χ3n) is 4.87. The van der Waals surface area contributed by atoms with E-state index in [2.05, 4.69) is 31.0 Å². The molecular formula is C20H35Cl2N3O2. The van der Waals surface area contributed by atoms with Crippen molar-refractivity contribution in [3.8, 4) is 5.75 Å². The van der Waals surface area contributed by atoms with Gasteiger partial charge in [0.05, 0.1) is 0 Å². The van der Waals surface area contributed by atoms with Gasteiger partial charge in [-0.1, -0.05) is 20.8 Å². The Hall–Kier alpha value is -1.01. The molecule has 1 aliphatic heterocycles. The van der Waals surface area contributed by atoms with Crippen molar-refractivity contribution in [2.24, 2.45) is 0 Å². The van der Waals surface area contributed by atoms with E-state index in [1.807, 2.05) is 29.2 Å². The van der Waals surface area contributed by atoms with Crippen LogP contribution in [0.2, 0.25) is 0 Å². The predicted molar refractivity (Wildman–Crippen MR) is 117 cm³/mol. The maximum Gasteiger partial charge on any atom is 0.254 e. The number of halogens is 2. The van der Waals surface area contributed by atoms with E-state index in [9.17, 15) is 4.79 Å². The molecule has 1 atom stereocenters. The lowest BCUT2D eigenvalue weighted by atomic mass is 10.1. The van der Waals surface area contributed by atoms with Crippen LogP contribution in [0.15, 0.2) is 24.3 Å². The molecule has 7 heteroatoms. The number of nitrogens with one attached hydrogen (secondary N) is 1. The summed E-state index contributed by atoms with van der Waals surface area (Å²) < 4.78 is 5.81. The summed E-state index contributed by atoms with van der Waals surface area (Å²) in [7, 11) is 0. The zero-order valence-electron chi connectivity index (χ0n) is 16.8. The van der Waals surface area contributed by atoms with Gasteiger partial charge < -0.3 is 19.9 Å². The second-order valence-electron chi connectivity index (χ2n) is 6.54. The van der Waals surface area contributed by atoms with Gasteiger partial charge in [0.2, 0.25) is 0 Å². The first-order valence-corrected chi connectivity index (χ1v) is 9.66.